The second-order valence-corrected chi connectivity index (χ2v) is 22.0. The van der Waals surface area contributed by atoms with Crippen molar-refractivity contribution < 1.29 is 4.74 Å². The first-order valence-electron chi connectivity index (χ1n) is 28.8. The van der Waals surface area contributed by atoms with Gasteiger partial charge in [-0.1, -0.05) is 150 Å². The minimum absolute atomic E-state index is 0.0803. The Bertz CT molecular complexity index is 3740. The topological polar surface area (TPSA) is 54.4 Å². The maximum Gasteiger partial charge on any atom is 0.188 e. The van der Waals surface area contributed by atoms with Gasteiger partial charge in [-0.3, -0.25) is 9.88 Å². The minimum atomic E-state index is -0.181. The van der Waals surface area contributed by atoms with Gasteiger partial charge in [0.05, 0.1) is 11.6 Å². The number of fused-ring (bicyclic) bond motifs is 6. The molecule has 6 aromatic carbocycles. The van der Waals surface area contributed by atoms with Crippen LogP contribution in [0, 0.1) is 25.7 Å². The molecule has 79 heavy (non-hydrogen) atoms. The lowest BCUT2D eigenvalue weighted by Gasteiger charge is -2.28. The fourth-order valence-corrected chi connectivity index (χ4v) is 13.5. The summed E-state index contributed by atoms with van der Waals surface area (Å²) in [4.78, 5) is 18.5. The number of aryl methyl sites for hydroxylation is 3. The summed E-state index contributed by atoms with van der Waals surface area (Å²) in [6, 6.07) is 65.4. The van der Waals surface area contributed by atoms with Crippen LogP contribution in [0.4, 0.5) is 23.0 Å². The zero-order chi connectivity index (χ0) is 54.3. The van der Waals surface area contributed by atoms with Crippen molar-refractivity contribution in [2.45, 2.75) is 105 Å². The number of hydrogen-bond acceptors (Lipinski definition) is 6. The molecule has 6 nitrogen and oxygen atoms in total. The van der Waals surface area contributed by atoms with Crippen LogP contribution in [0.2, 0.25) is 0 Å². The summed E-state index contributed by atoms with van der Waals surface area (Å²) in [5, 5.41) is 0. The SMILES string of the molecule is CC.CCc1ccc(-c2cc(-c3ccc4c(c3)C3C5=C(OC3N4c3ccccn3)C(C)CC=C5)cc(-c3ccc4c(c3)C(c3ccccc3C)C(C)C4)c2)cc1C1c2ccccc2N(c2ccccn2)C1C.Cc1ccccn1. The first-order chi connectivity index (χ1) is 38.7. The van der Waals surface area contributed by atoms with E-state index >= 15 is 0 Å². The fraction of sp³-hybridized carbons (Fsp3) is 0.247. The summed E-state index contributed by atoms with van der Waals surface area (Å²) in [6.07, 6.45) is 13.1. The average molecular weight is 1030 g/mol. The molecular formula is C73H71N5O. The quantitative estimate of drug-likeness (QED) is 0.151. The van der Waals surface area contributed by atoms with Crippen LogP contribution in [0.1, 0.15) is 116 Å². The summed E-state index contributed by atoms with van der Waals surface area (Å²) in [5.41, 5.74) is 23.3. The van der Waals surface area contributed by atoms with E-state index in [-0.39, 0.29) is 24.1 Å². The molecule has 0 radical (unpaired) electrons. The largest absolute Gasteiger partial charge is 0.473 e. The molecule has 14 rings (SSSR count). The third-order valence-corrected chi connectivity index (χ3v) is 17.2. The number of aromatic nitrogens is 3. The van der Waals surface area contributed by atoms with Crippen molar-refractivity contribution in [1.29, 1.82) is 0 Å². The van der Waals surface area contributed by atoms with Crippen LogP contribution in [0.3, 0.4) is 0 Å². The van der Waals surface area contributed by atoms with Crippen LogP contribution in [0.15, 0.2) is 218 Å². The predicted molar refractivity (Wildman–Crippen MR) is 326 cm³/mol. The van der Waals surface area contributed by atoms with Crippen LogP contribution in [-0.2, 0) is 17.6 Å². The normalized spacial score (nSPS) is 20.9. The number of ether oxygens (including phenoxy) is 1. The molecule has 2 aliphatic carbocycles. The van der Waals surface area contributed by atoms with Gasteiger partial charge in [0.1, 0.15) is 17.4 Å². The molecule has 3 aromatic heterocycles. The summed E-state index contributed by atoms with van der Waals surface area (Å²) < 4.78 is 6.98. The van der Waals surface area contributed by atoms with E-state index in [1.807, 2.05) is 63.5 Å². The van der Waals surface area contributed by atoms with Crippen LogP contribution in [-0.4, -0.2) is 27.2 Å². The molecule has 0 N–H and O–H groups in total. The molecule has 6 heterocycles. The van der Waals surface area contributed by atoms with Crippen molar-refractivity contribution >= 4 is 23.0 Å². The van der Waals surface area contributed by atoms with Crippen molar-refractivity contribution in [3.8, 4) is 33.4 Å². The second kappa shape index (κ2) is 21.8. The zero-order valence-electron chi connectivity index (χ0n) is 46.9. The number of anilines is 4. The Hall–Kier alpha value is -8.35. The number of benzene rings is 6. The van der Waals surface area contributed by atoms with Crippen LogP contribution in [0.5, 0.6) is 0 Å². The highest BCUT2D eigenvalue weighted by atomic mass is 16.5. The van der Waals surface area contributed by atoms with Gasteiger partial charge in [0.15, 0.2) is 6.23 Å². The van der Waals surface area contributed by atoms with Crippen LogP contribution >= 0.6 is 0 Å². The molecule has 0 fully saturated rings. The van der Waals surface area contributed by atoms with Gasteiger partial charge in [-0.15, -0.1) is 0 Å². The van der Waals surface area contributed by atoms with Crippen molar-refractivity contribution in [3.63, 3.8) is 0 Å². The lowest BCUT2D eigenvalue weighted by molar-refractivity contribution is 0.123. The number of rotatable bonds is 8. The first kappa shape index (κ1) is 51.4. The number of pyridine rings is 3. The Labute approximate surface area is 468 Å². The van der Waals surface area contributed by atoms with E-state index in [0.29, 0.717) is 17.8 Å². The lowest BCUT2D eigenvalue weighted by Crippen LogP contribution is -2.30. The van der Waals surface area contributed by atoms with Gasteiger partial charge in [0.25, 0.3) is 0 Å². The van der Waals surface area contributed by atoms with Crippen molar-refractivity contribution in [1.82, 2.24) is 15.0 Å². The summed E-state index contributed by atoms with van der Waals surface area (Å²) >= 11 is 0. The monoisotopic (exact) mass is 1030 g/mol. The molecule has 6 heteroatoms. The van der Waals surface area contributed by atoms with E-state index in [9.17, 15) is 0 Å². The van der Waals surface area contributed by atoms with Gasteiger partial charge < -0.3 is 9.64 Å². The fourth-order valence-electron chi connectivity index (χ4n) is 13.5. The minimum Gasteiger partial charge on any atom is -0.473 e. The van der Waals surface area contributed by atoms with E-state index in [2.05, 4.69) is 207 Å². The lowest BCUT2D eigenvalue weighted by atomic mass is 9.82. The molecule has 0 spiro atoms. The summed E-state index contributed by atoms with van der Waals surface area (Å²) in [7, 11) is 0. The molecule has 7 atom stereocenters. The molecule has 3 aliphatic heterocycles. The van der Waals surface area contributed by atoms with E-state index in [1.165, 1.54) is 89.1 Å². The van der Waals surface area contributed by atoms with Crippen molar-refractivity contribution in [2.75, 3.05) is 9.80 Å². The molecule has 0 saturated carbocycles. The predicted octanol–water partition coefficient (Wildman–Crippen LogP) is 18.2. The standard InChI is InChI=1S/C65H58N4O.C6H7N.C2H6/c1-6-43-24-25-44(36-54(43)62-42(5)68(59-22-11-13-30-66-59)57-21-10-9-19-52(57)62)48-33-49(45-26-27-47-32-41(4)61(55(47)37-45)51-18-8-7-16-39(51)2)35-50(34-48)46-28-29-58-56(38-46)63-53-20-15-17-40(3)64(53)70-65(63)69(58)60-23-12-14-31-67-60;1-6-4-2-3-5-7-6;1-2/h7-16,18-31,33-38,40-42,61-63,65H,6,17,32H2,1-5H3;2-5H,1H3;1-2H3. The Morgan fingerprint density at radius 2 is 1.09 bits per heavy atom. The zero-order valence-corrected chi connectivity index (χ0v) is 46.9. The Morgan fingerprint density at radius 1 is 0.506 bits per heavy atom. The number of para-hydroxylation sites is 1. The maximum absolute atomic E-state index is 6.98. The van der Waals surface area contributed by atoms with Crippen LogP contribution in [0.25, 0.3) is 33.4 Å². The van der Waals surface area contributed by atoms with E-state index in [0.717, 1.165) is 48.0 Å². The maximum atomic E-state index is 6.98. The highest BCUT2D eigenvalue weighted by Crippen LogP contribution is 2.57. The Balaban J connectivity index is 0.000000638. The van der Waals surface area contributed by atoms with Crippen molar-refractivity contribution in [3.05, 3.63) is 268 Å². The molecule has 5 aliphatic rings. The highest BCUT2D eigenvalue weighted by molar-refractivity contribution is 5.85. The van der Waals surface area contributed by atoms with E-state index in [1.54, 1.807) is 6.20 Å². The molecule has 0 saturated heterocycles. The van der Waals surface area contributed by atoms with Gasteiger partial charge >= 0.3 is 0 Å². The third kappa shape index (κ3) is 9.35. The highest BCUT2D eigenvalue weighted by Gasteiger charge is 2.50. The molecular weight excluding hydrogens is 963 g/mol. The smallest absolute Gasteiger partial charge is 0.188 e. The molecule has 0 amide bonds. The number of allylic oxidation sites excluding steroid dienone is 3. The second-order valence-electron chi connectivity index (χ2n) is 22.0. The molecule has 9 aromatic rings. The summed E-state index contributed by atoms with van der Waals surface area (Å²) in [6.45, 7) is 17.6. The first-order valence-corrected chi connectivity index (χ1v) is 28.8. The van der Waals surface area contributed by atoms with Gasteiger partial charge in [0.2, 0.25) is 0 Å². The van der Waals surface area contributed by atoms with Gasteiger partial charge in [0, 0.05) is 59.3 Å². The van der Waals surface area contributed by atoms with E-state index < -0.39 is 0 Å². The van der Waals surface area contributed by atoms with Crippen LogP contribution < -0.4 is 9.80 Å². The van der Waals surface area contributed by atoms with Gasteiger partial charge in [-0.2, -0.15) is 0 Å². The molecule has 0 bridgehead atoms. The molecule has 7 unspecified atom stereocenters. The van der Waals surface area contributed by atoms with Gasteiger partial charge in [-0.05, 0) is 197 Å². The summed E-state index contributed by atoms with van der Waals surface area (Å²) in [5.74, 6) is 4.50. The van der Waals surface area contributed by atoms with Gasteiger partial charge in [-0.25, -0.2) is 9.97 Å². The Morgan fingerprint density at radius 3 is 1.72 bits per heavy atom. The number of nitrogens with zero attached hydrogens (tertiary/aromatic N) is 5. The third-order valence-electron chi connectivity index (χ3n) is 17.2. The molecule has 394 valence electrons. The van der Waals surface area contributed by atoms with E-state index in [4.69, 9.17) is 14.7 Å². The number of hydrogen-bond donors (Lipinski definition) is 0. The average Bonchev–Trinajstić information content (AvgIpc) is 4.20. The van der Waals surface area contributed by atoms with Crippen molar-refractivity contribution in [2.24, 2.45) is 11.8 Å². The Kier molecular flexibility index (Phi) is 14.2.